The van der Waals surface area contributed by atoms with Crippen LogP contribution in [-0.2, 0) is 12.0 Å². The van der Waals surface area contributed by atoms with Crippen molar-refractivity contribution >= 4 is 0 Å². The number of rotatable bonds is 4. The lowest BCUT2D eigenvalue weighted by Gasteiger charge is -2.19. The van der Waals surface area contributed by atoms with Crippen LogP contribution in [0.1, 0.15) is 33.4 Å². The Kier molecular flexibility index (Phi) is 3.32. The van der Waals surface area contributed by atoms with Crippen LogP contribution in [0.2, 0.25) is 0 Å². The zero-order valence-corrected chi connectivity index (χ0v) is 9.62. The van der Waals surface area contributed by atoms with Crippen molar-refractivity contribution in [1.82, 2.24) is 9.78 Å². The number of nitrogens with zero attached hydrogens (tertiary/aromatic N) is 2. The van der Waals surface area contributed by atoms with Gasteiger partial charge in [-0.05, 0) is 12.0 Å². The summed E-state index contributed by atoms with van der Waals surface area (Å²) in [4.78, 5) is 0. The number of hydrogen-bond donors (Lipinski definition) is 1. The number of hydrogen-bond acceptors (Lipinski definition) is 2. The summed E-state index contributed by atoms with van der Waals surface area (Å²) in [5.41, 5.74) is 6.77. The van der Waals surface area contributed by atoms with Crippen molar-refractivity contribution < 1.29 is 0 Å². The molecule has 0 aliphatic carbocycles. The molecule has 0 amide bonds. The smallest absolute Gasteiger partial charge is 0.0693 e. The van der Waals surface area contributed by atoms with Crippen LogP contribution in [0.4, 0.5) is 0 Å². The molecule has 1 rings (SSSR count). The van der Waals surface area contributed by atoms with E-state index in [0.717, 1.165) is 12.2 Å². The molecule has 0 aliphatic heterocycles. The van der Waals surface area contributed by atoms with Gasteiger partial charge in [0.1, 0.15) is 0 Å². The van der Waals surface area contributed by atoms with Crippen molar-refractivity contribution in [2.75, 3.05) is 6.54 Å². The Balaban J connectivity index is 2.77. The lowest BCUT2D eigenvalue weighted by molar-refractivity contribution is 0.457. The van der Waals surface area contributed by atoms with E-state index < -0.39 is 0 Å². The summed E-state index contributed by atoms with van der Waals surface area (Å²) in [5, 5.41) is 4.53. The van der Waals surface area contributed by atoms with Crippen molar-refractivity contribution in [3.63, 3.8) is 0 Å². The minimum Gasteiger partial charge on any atom is -0.330 e. The lowest BCUT2D eigenvalue weighted by atomic mass is 9.90. The SMILES string of the molecule is CC(C)Cn1ccc(C(C)(C)CN)n1. The Morgan fingerprint density at radius 3 is 2.64 bits per heavy atom. The van der Waals surface area contributed by atoms with E-state index in [0.29, 0.717) is 12.5 Å². The van der Waals surface area contributed by atoms with E-state index in [4.69, 9.17) is 5.73 Å². The zero-order valence-electron chi connectivity index (χ0n) is 9.62. The van der Waals surface area contributed by atoms with Gasteiger partial charge in [0, 0.05) is 24.7 Å². The molecule has 1 heterocycles. The van der Waals surface area contributed by atoms with Crippen molar-refractivity contribution in [3.05, 3.63) is 18.0 Å². The third-order valence-corrected chi connectivity index (χ3v) is 2.40. The Morgan fingerprint density at radius 1 is 1.50 bits per heavy atom. The third-order valence-electron chi connectivity index (χ3n) is 2.40. The van der Waals surface area contributed by atoms with Crippen LogP contribution >= 0.6 is 0 Å². The molecular weight excluding hydrogens is 174 g/mol. The molecule has 14 heavy (non-hydrogen) atoms. The molecule has 1 aromatic rings. The van der Waals surface area contributed by atoms with Crippen LogP contribution in [-0.4, -0.2) is 16.3 Å². The second kappa shape index (κ2) is 4.13. The van der Waals surface area contributed by atoms with Crippen LogP contribution in [0.25, 0.3) is 0 Å². The van der Waals surface area contributed by atoms with Gasteiger partial charge in [-0.25, -0.2) is 0 Å². The number of nitrogens with two attached hydrogens (primary N) is 1. The first-order valence-corrected chi connectivity index (χ1v) is 5.19. The van der Waals surface area contributed by atoms with Gasteiger partial charge in [0.25, 0.3) is 0 Å². The molecule has 0 aliphatic rings. The predicted octanol–water partition coefficient (Wildman–Crippen LogP) is 1.78. The highest BCUT2D eigenvalue weighted by Crippen LogP contribution is 2.19. The van der Waals surface area contributed by atoms with Gasteiger partial charge in [0.05, 0.1) is 5.69 Å². The summed E-state index contributed by atoms with van der Waals surface area (Å²) in [6.07, 6.45) is 2.03. The Hall–Kier alpha value is -0.830. The third kappa shape index (κ3) is 2.58. The largest absolute Gasteiger partial charge is 0.330 e. The van der Waals surface area contributed by atoms with E-state index in [1.165, 1.54) is 0 Å². The second-order valence-corrected chi connectivity index (χ2v) is 4.90. The summed E-state index contributed by atoms with van der Waals surface area (Å²) in [7, 11) is 0. The summed E-state index contributed by atoms with van der Waals surface area (Å²) in [5.74, 6) is 0.628. The van der Waals surface area contributed by atoms with Gasteiger partial charge in [-0.2, -0.15) is 5.10 Å². The topological polar surface area (TPSA) is 43.8 Å². The van der Waals surface area contributed by atoms with E-state index in [2.05, 4.69) is 38.9 Å². The maximum Gasteiger partial charge on any atom is 0.0693 e. The van der Waals surface area contributed by atoms with Gasteiger partial charge in [0.2, 0.25) is 0 Å². The Morgan fingerprint density at radius 2 is 2.14 bits per heavy atom. The molecule has 0 saturated carbocycles. The molecule has 0 fully saturated rings. The van der Waals surface area contributed by atoms with Crippen molar-refractivity contribution in [3.8, 4) is 0 Å². The summed E-state index contributed by atoms with van der Waals surface area (Å²) in [6, 6.07) is 2.06. The molecule has 3 nitrogen and oxygen atoms in total. The van der Waals surface area contributed by atoms with E-state index in [1.54, 1.807) is 0 Å². The highest BCUT2D eigenvalue weighted by molar-refractivity contribution is 5.12. The average molecular weight is 195 g/mol. The Bertz CT molecular complexity index is 286. The van der Waals surface area contributed by atoms with Gasteiger partial charge in [-0.15, -0.1) is 0 Å². The van der Waals surface area contributed by atoms with Crippen molar-refractivity contribution in [2.45, 2.75) is 39.7 Å². The normalized spacial score (nSPS) is 12.4. The van der Waals surface area contributed by atoms with E-state index in [9.17, 15) is 0 Å². The lowest BCUT2D eigenvalue weighted by Crippen LogP contribution is -2.28. The van der Waals surface area contributed by atoms with Crippen molar-refractivity contribution in [1.29, 1.82) is 0 Å². The molecular formula is C11H21N3. The second-order valence-electron chi connectivity index (χ2n) is 4.90. The minimum atomic E-state index is -0.0117. The van der Waals surface area contributed by atoms with E-state index in [-0.39, 0.29) is 5.41 Å². The minimum absolute atomic E-state index is 0.0117. The first-order chi connectivity index (χ1) is 6.45. The quantitative estimate of drug-likeness (QED) is 0.795. The van der Waals surface area contributed by atoms with Gasteiger partial charge in [0.15, 0.2) is 0 Å². The fourth-order valence-electron chi connectivity index (χ4n) is 1.30. The monoisotopic (exact) mass is 195 g/mol. The maximum absolute atomic E-state index is 5.70. The van der Waals surface area contributed by atoms with Gasteiger partial charge < -0.3 is 5.73 Å². The van der Waals surface area contributed by atoms with Crippen LogP contribution in [0.3, 0.4) is 0 Å². The molecule has 0 aromatic carbocycles. The molecule has 2 N–H and O–H groups in total. The van der Waals surface area contributed by atoms with Gasteiger partial charge in [-0.1, -0.05) is 27.7 Å². The molecule has 0 spiro atoms. The van der Waals surface area contributed by atoms with Crippen molar-refractivity contribution in [2.24, 2.45) is 11.7 Å². The first kappa shape index (κ1) is 11.2. The molecule has 0 atom stereocenters. The first-order valence-electron chi connectivity index (χ1n) is 5.19. The highest BCUT2D eigenvalue weighted by Gasteiger charge is 2.21. The zero-order chi connectivity index (χ0) is 10.8. The highest BCUT2D eigenvalue weighted by atomic mass is 15.3. The van der Waals surface area contributed by atoms with E-state index in [1.807, 2.05) is 10.9 Å². The Labute approximate surface area is 86.3 Å². The standard InChI is InChI=1S/C11H21N3/c1-9(2)7-14-6-5-10(13-14)11(3,4)8-12/h5-6,9H,7-8,12H2,1-4H3. The molecule has 80 valence electrons. The summed E-state index contributed by atoms with van der Waals surface area (Å²) < 4.78 is 2.00. The fraction of sp³-hybridized carbons (Fsp3) is 0.727. The summed E-state index contributed by atoms with van der Waals surface area (Å²) >= 11 is 0. The number of aromatic nitrogens is 2. The maximum atomic E-state index is 5.70. The molecule has 3 heteroatoms. The molecule has 0 saturated heterocycles. The van der Waals surface area contributed by atoms with Crippen LogP contribution < -0.4 is 5.73 Å². The summed E-state index contributed by atoms with van der Waals surface area (Å²) in [6.45, 7) is 10.2. The molecule has 0 unspecified atom stereocenters. The van der Waals surface area contributed by atoms with Crippen LogP contribution in [0.15, 0.2) is 12.3 Å². The van der Waals surface area contributed by atoms with Crippen LogP contribution in [0, 0.1) is 5.92 Å². The molecule has 0 radical (unpaired) electrons. The van der Waals surface area contributed by atoms with Crippen LogP contribution in [0.5, 0.6) is 0 Å². The van der Waals surface area contributed by atoms with E-state index >= 15 is 0 Å². The average Bonchev–Trinajstić information content (AvgIpc) is 2.52. The molecule has 0 bridgehead atoms. The van der Waals surface area contributed by atoms with Gasteiger partial charge in [-0.3, -0.25) is 4.68 Å². The molecule has 1 aromatic heterocycles. The predicted molar refractivity (Wildman–Crippen MR) is 59.1 cm³/mol. The fourth-order valence-corrected chi connectivity index (χ4v) is 1.30. The van der Waals surface area contributed by atoms with Gasteiger partial charge >= 0.3 is 0 Å².